The van der Waals surface area contributed by atoms with Crippen LogP contribution in [0.5, 0.6) is 11.5 Å². The lowest BCUT2D eigenvalue weighted by Crippen LogP contribution is -2.26. The lowest BCUT2D eigenvalue weighted by atomic mass is 10.1. The molecular formula is C20H27N3O5S. The normalized spacial score (nSPS) is 17.9. The number of rotatable bonds is 6. The molecule has 2 heterocycles. The lowest BCUT2D eigenvalue weighted by molar-refractivity contribution is 0.0784. The first-order valence-electron chi connectivity index (χ1n) is 9.39. The fraction of sp³-hybridized carbons (Fsp3) is 0.500. The summed E-state index contributed by atoms with van der Waals surface area (Å²) in [6, 6.07) is 4.92. The second-order valence-electron chi connectivity index (χ2n) is 7.38. The highest BCUT2D eigenvalue weighted by molar-refractivity contribution is 7.91. The molecule has 0 aliphatic carbocycles. The molecule has 1 fully saturated rings. The van der Waals surface area contributed by atoms with E-state index in [4.69, 9.17) is 9.47 Å². The van der Waals surface area contributed by atoms with Crippen molar-refractivity contribution in [3.05, 3.63) is 40.7 Å². The van der Waals surface area contributed by atoms with Gasteiger partial charge < -0.3 is 14.4 Å². The van der Waals surface area contributed by atoms with Crippen molar-refractivity contribution in [2.75, 3.05) is 32.8 Å². The average molecular weight is 422 g/mol. The van der Waals surface area contributed by atoms with Gasteiger partial charge in [0.2, 0.25) is 0 Å². The van der Waals surface area contributed by atoms with E-state index >= 15 is 0 Å². The van der Waals surface area contributed by atoms with Crippen LogP contribution in [0, 0.1) is 13.8 Å². The molecule has 3 rings (SSSR count). The number of sulfone groups is 1. The smallest absolute Gasteiger partial charge is 0.254 e. The number of hydrogen-bond donors (Lipinski definition) is 0. The number of aromatic nitrogens is 2. The zero-order valence-electron chi connectivity index (χ0n) is 17.4. The molecule has 1 aliphatic heterocycles. The van der Waals surface area contributed by atoms with E-state index in [1.165, 1.54) is 7.11 Å². The molecule has 0 bridgehead atoms. The van der Waals surface area contributed by atoms with Crippen molar-refractivity contribution in [1.29, 1.82) is 0 Å². The topological polar surface area (TPSA) is 90.7 Å². The number of hydrogen-bond acceptors (Lipinski definition) is 6. The number of aryl methyl sites for hydroxylation is 1. The van der Waals surface area contributed by atoms with Crippen LogP contribution in [0.3, 0.4) is 0 Å². The zero-order valence-corrected chi connectivity index (χ0v) is 18.2. The second kappa shape index (κ2) is 8.06. The Labute approximate surface area is 171 Å². The highest BCUT2D eigenvalue weighted by Gasteiger charge is 2.31. The molecule has 158 valence electrons. The third-order valence-corrected chi connectivity index (χ3v) is 7.15. The summed E-state index contributed by atoms with van der Waals surface area (Å²) in [5.74, 6) is 1.22. The van der Waals surface area contributed by atoms with E-state index in [2.05, 4.69) is 5.10 Å². The highest BCUT2D eigenvalue weighted by atomic mass is 32.2. The van der Waals surface area contributed by atoms with Gasteiger partial charge in [-0.2, -0.15) is 5.10 Å². The Balaban J connectivity index is 1.80. The SMILES string of the molecule is COc1ccc(C(=O)N(C)Cc2c(C)nn([C@@H]3CCS(=O)(=O)C3)c2C)cc1OC. The predicted octanol–water partition coefficient (Wildman–Crippen LogP) is 2.15. The first kappa shape index (κ1) is 21.2. The summed E-state index contributed by atoms with van der Waals surface area (Å²) in [6.07, 6.45) is 0.574. The van der Waals surface area contributed by atoms with Crippen molar-refractivity contribution in [3.8, 4) is 11.5 Å². The van der Waals surface area contributed by atoms with Gasteiger partial charge in [-0.05, 0) is 38.5 Å². The Morgan fingerprint density at radius 3 is 2.52 bits per heavy atom. The van der Waals surface area contributed by atoms with E-state index in [0.717, 1.165) is 17.0 Å². The molecular weight excluding hydrogens is 394 g/mol. The number of amides is 1. The van der Waals surface area contributed by atoms with E-state index in [1.807, 2.05) is 18.5 Å². The van der Waals surface area contributed by atoms with Crippen LogP contribution in [0.2, 0.25) is 0 Å². The molecule has 29 heavy (non-hydrogen) atoms. The number of methoxy groups -OCH3 is 2. The van der Waals surface area contributed by atoms with Gasteiger partial charge in [0.05, 0.1) is 37.5 Å². The summed E-state index contributed by atoms with van der Waals surface area (Å²) in [5, 5.41) is 4.57. The van der Waals surface area contributed by atoms with Gasteiger partial charge in [-0.25, -0.2) is 8.42 Å². The Morgan fingerprint density at radius 1 is 1.24 bits per heavy atom. The molecule has 1 aromatic carbocycles. The molecule has 9 heteroatoms. The van der Waals surface area contributed by atoms with Gasteiger partial charge in [0.1, 0.15) is 0 Å². The summed E-state index contributed by atoms with van der Waals surface area (Å²) in [5.41, 5.74) is 3.13. The fourth-order valence-corrected chi connectivity index (χ4v) is 5.44. The molecule has 1 amide bonds. The van der Waals surface area contributed by atoms with Gasteiger partial charge in [0, 0.05) is 30.4 Å². The number of nitrogens with zero attached hydrogens (tertiary/aromatic N) is 3. The molecule has 1 aliphatic rings. The Morgan fingerprint density at radius 2 is 1.93 bits per heavy atom. The molecule has 1 aromatic heterocycles. The van der Waals surface area contributed by atoms with Crippen LogP contribution in [-0.2, 0) is 16.4 Å². The molecule has 8 nitrogen and oxygen atoms in total. The van der Waals surface area contributed by atoms with Gasteiger partial charge in [0.25, 0.3) is 5.91 Å². The first-order valence-corrected chi connectivity index (χ1v) is 11.2. The van der Waals surface area contributed by atoms with E-state index < -0.39 is 9.84 Å². The number of carbonyl (C=O) groups is 1. The maximum Gasteiger partial charge on any atom is 0.254 e. The van der Waals surface area contributed by atoms with Crippen LogP contribution in [0.15, 0.2) is 18.2 Å². The summed E-state index contributed by atoms with van der Waals surface area (Å²) in [6.45, 7) is 4.19. The largest absolute Gasteiger partial charge is 0.493 e. The number of ether oxygens (including phenoxy) is 2. The predicted molar refractivity (Wildman–Crippen MR) is 109 cm³/mol. The van der Waals surface area contributed by atoms with Gasteiger partial charge in [-0.15, -0.1) is 0 Å². The van der Waals surface area contributed by atoms with Crippen molar-refractivity contribution >= 4 is 15.7 Å². The summed E-state index contributed by atoms with van der Waals surface area (Å²) in [4.78, 5) is 14.5. The van der Waals surface area contributed by atoms with Gasteiger partial charge in [-0.1, -0.05) is 0 Å². The Bertz CT molecular complexity index is 1030. The molecule has 0 unspecified atom stereocenters. The minimum atomic E-state index is -3.00. The molecule has 0 radical (unpaired) electrons. The summed E-state index contributed by atoms with van der Waals surface area (Å²) in [7, 11) is 1.81. The van der Waals surface area contributed by atoms with Gasteiger partial charge in [0.15, 0.2) is 21.3 Å². The van der Waals surface area contributed by atoms with Crippen LogP contribution in [0.4, 0.5) is 0 Å². The summed E-state index contributed by atoms with van der Waals surface area (Å²) < 4.78 is 36.0. The molecule has 0 saturated carbocycles. The number of benzene rings is 1. The van der Waals surface area contributed by atoms with Gasteiger partial charge in [-0.3, -0.25) is 9.48 Å². The van der Waals surface area contributed by atoms with Gasteiger partial charge >= 0.3 is 0 Å². The monoisotopic (exact) mass is 421 g/mol. The quantitative estimate of drug-likeness (QED) is 0.710. The van der Waals surface area contributed by atoms with E-state index in [1.54, 1.807) is 37.3 Å². The van der Waals surface area contributed by atoms with E-state index in [-0.39, 0.29) is 23.5 Å². The van der Waals surface area contributed by atoms with Crippen molar-refractivity contribution in [1.82, 2.24) is 14.7 Å². The molecule has 0 spiro atoms. The van der Waals surface area contributed by atoms with Crippen LogP contribution < -0.4 is 9.47 Å². The fourth-order valence-electron chi connectivity index (χ4n) is 3.75. The van der Waals surface area contributed by atoms with E-state index in [0.29, 0.717) is 30.0 Å². The molecule has 2 aromatic rings. The maximum atomic E-state index is 12.9. The zero-order chi connectivity index (χ0) is 21.3. The minimum absolute atomic E-state index is 0.120. The molecule has 0 N–H and O–H groups in total. The third kappa shape index (κ3) is 4.24. The number of carbonyl (C=O) groups excluding carboxylic acids is 1. The lowest BCUT2D eigenvalue weighted by Gasteiger charge is -2.19. The minimum Gasteiger partial charge on any atom is -0.493 e. The van der Waals surface area contributed by atoms with Crippen molar-refractivity contribution in [2.45, 2.75) is 32.9 Å². The van der Waals surface area contributed by atoms with Crippen molar-refractivity contribution < 1.29 is 22.7 Å². The van der Waals surface area contributed by atoms with Crippen LogP contribution in [0.1, 0.15) is 39.8 Å². The van der Waals surface area contributed by atoms with Crippen LogP contribution in [-0.4, -0.2) is 61.8 Å². The van der Waals surface area contributed by atoms with Crippen LogP contribution in [0.25, 0.3) is 0 Å². The Kier molecular flexibility index (Phi) is 5.88. The van der Waals surface area contributed by atoms with E-state index in [9.17, 15) is 13.2 Å². The molecule has 1 atom stereocenters. The highest BCUT2D eigenvalue weighted by Crippen LogP contribution is 2.29. The average Bonchev–Trinajstić information content (AvgIpc) is 3.19. The van der Waals surface area contributed by atoms with Crippen molar-refractivity contribution in [3.63, 3.8) is 0 Å². The third-order valence-electron chi connectivity index (χ3n) is 5.40. The maximum absolute atomic E-state index is 12.9. The summed E-state index contributed by atoms with van der Waals surface area (Å²) >= 11 is 0. The first-order chi connectivity index (χ1) is 13.7. The second-order valence-corrected chi connectivity index (χ2v) is 9.61. The standard InChI is InChI=1S/C20H27N3O5S/c1-13-17(14(2)23(21-13)16-8-9-29(25,26)12-16)11-22(3)20(24)15-6-7-18(27-4)19(10-15)28-5/h6-7,10,16H,8-9,11-12H2,1-5H3/t16-/m1/s1. The van der Waals surface area contributed by atoms with Crippen molar-refractivity contribution in [2.24, 2.45) is 0 Å². The van der Waals surface area contributed by atoms with Crippen LogP contribution >= 0.6 is 0 Å². The Hall–Kier alpha value is -2.55. The molecule has 1 saturated heterocycles.